The summed E-state index contributed by atoms with van der Waals surface area (Å²) in [6, 6.07) is 10.7. The van der Waals surface area contributed by atoms with Gasteiger partial charge in [-0.15, -0.1) is 0 Å². The molecule has 1 aromatic carbocycles. The van der Waals surface area contributed by atoms with Gasteiger partial charge >= 0.3 is 0 Å². The van der Waals surface area contributed by atoms with Gasteiger partial charge in [-0.1, -0.05) is 37.3 Å². The van der Waals surface area contributed by atoms with E-state index in [-0.39, 0.29) is 0 Å². The molecule has 1 heterocycles. The Morgan fingerprint density at radius 1 is 1.12 bits per heavy atom. The predicted molar refractivity (Wildman–Crippen MR) is 108 cm³/mol. The maximum atomic E-state index is 4.83. The maximum Gasteiger partial charge on any atom is 0.191 e. The van der Waals surface area contributed by atoms with Crippen LogP contribution >= 0.6 is 0 Å². The fourth-order valence-electron chi connectivity index (χ4n) is 3.41. The second kappa shape index (κ2) is 11.9. The highest BCUT2D eigenvalue weighted by molar-refractivity contribution is 5.79. The highest BCUT2D eigenvalue weighted by atomic mass is 15.2. The van der Waals surface area contributed by atoms with Crippen molar-refractivity contribution in [2.75, 3.05) is 39.3 Å². The minimum absolute atomic E-state index is 0.743. The van der Waals surface area contributed by atoms with Crippen LogP contribution in [0.3, 0.4) is 0 Å². The van der Waals surface area contributed by atoms with E-state index in [1.54, 1.807) is 0 Å². The molecule has 25 heavy (non-hydrogen) atoms. The molecule has 140 valence electrons. The van der Waals surface area contributed by atoms with Gasteiger partial charge in [-0.25, -0.2) is 0 Å². The molecule has 1 aromatic rings. The number of hydrogen-bond acceptors (Lipinski definition) is 2. The van der Waals surface area contributed by atoms with Gasteiger partial charge < -0.3 is 15.5 Å². The van der Waals surface area contributed by atoms with Crippen molar-refractivity contribution in [1.82, 2.24) is 15.5 Å². The third kappa shape index (κ3) is 7.91. The second-order valence-electron chi connectivity index (χ2n) is 7.02. The summed E-state index contributed by atoms with van der Waals surface area (Å²) < 4.78 is 0. The van der Waals surface area contributed by atoms with E-state index in [0.29, 0.717) is 0 Å². The highest BCUT2D eigenvalue weighted by Crippen LogP contribution is 2.17. The van der Waals surface area contributed by atoms with Crippen LogP contribution in [0.25, 0.3) is 0 Å². The summed E-state index contributed by atoms with van der Waals surface area (Å²) in [5, 5.41) is 6.87. The number of nitrogens with one attached hydrogen (secondary N) is 2. The van der Waals surface area contributed by atoms with Crippen molar-refractivity contribution in [1.29, 1.82) is 0 Å². The molecule has 0 bridgehead atoms. The first-order valence-corrected chi connectivity index (χ1v) is 10.1. The Hall–Kier alpha value is -1.55. The second-order valence-corrected chi connectivity index (χ2v) is 7.02. The number of aliphatic imine (C=N–C) groups is 1. The molecular formula is C21H36N4. The molecule has 1 aliphatic rings. The van der Waals surface area contributed by atoms with Gasteiger partial charge in [-0.2, -0.15) is 0 Å². The zero-order chi connectivity index (χ0) is 17.7. The van der Waals surface area contributed by atoms with E-state index < -0.39 is 0 Å². The number of aryl methyl sites for hydroxylation is 1. The Morgan fingerprint density at radius 3 is 2.56 bits per heavy atom. The van der Waals surface area contributed by atoms with Crippen molar-refractivity contribution in [2.45, 2.75) is 46.0 Å². The average Bonchev–Trinajstić information content (AvgIpc) is 2.65. The molecule has 0 atom stereocenters. The fourth-order valence-corrected chi connectivity index (χ4v) is 3.41. The van der Waals surface area contributed by atoms with Crippen molar-refractivity contribution >= 4 is 5.96 Å². The van der Waals surface area contributed by atoms with Gasteiger partial charge in [0.2, 0.25) is 0 Å². The Kier molecular flexibility index (Phi) is 9.42. The molecular weight excluding hydrogens is 308 g/mol. The fraction of sp³-hybridized carbons (Fsp3) is 0.667. The van der Waals surface area contributed by atoms with E-state index in [1.807, 2.05) is 0 Å². The van der Waals surface area contributed by atoms with Crippen LogP contribution in [0.5, 0.6) is 0 Å². The molecule has 0 saturated carbocycles. The lowest BCUT2D eigenvalue weighted by Gasteiger charge is -2.31. The lowest BCUT2D eigenvalue weighted by molar-refractivity contribution is 0.188. The van der Waals surface area contributed by atoms with E-state index in [2.05, 4.69) is 59.7 Å². The third-order valence-electron chi connectivity index (χ3n) is 4.88. The molecule has 4 nitrogen and oxygen atoms in total. The lowest BCUT2D eigenvalue weighted by atomic mass is 9.97. The smallest absolute Gasteiger partial charge is 0.191 e. The summed E-state index contributed by atoms with van der Waals surface area (Å²) in [5.41, 5.74) is 1.41. The average molecular weight is 345 g/mol. The van der Waals surface area contributed by atoms with Crippen LogP contribution in [0.1, 0.15) is 45.1 Å². The van der Waals surface area contributed by atoms with Gasteiger partial charge in [-0.3, -0.25) is 4.99 Å². The van der Waals surface area contributed by atoms with Crippen LogP contribution in [-0.4, -0.2) is 50.1 Å². The number of hydrogen-bond donors (Lipinski definition) is 2. The Morgan fingerprint density at radius 2 is 1.88 bits per heavy atom. The number of nitrogens with zero attached hydrogens (tertiary/aromatic N) is 2. The monoisotopic (exact) mass is 344 g/mol. The van der Waals surface area contributed by atoms with E-state index in [4.69, 9.17) is 4.99 Å². The molecule has 0 unspecified atom stereocenters. The topological polar surface area (TPSA) is 39.7 Å². The summed E-state index contributed by atoms with van der Waals surface area (Å²) >= 11 is 0. The Bertz CT molecular complexity index is 478. The van der Waals surface area contributed by atoms with Crippen LogP contribution in [0, 0.1) is 5.92 Å². The van der Waals surface area contributed by atoms with Crippen molar-refractivity contribution in [2.24, 2.45) is 10.9 Å². The first-order valence-electron chi connectivity index (χ1n) is 10.1. The van der Waals surface area contributed by atoms with Crippen LogP contribution in [0.4, 0.5) is 0 Å². The molecule has 0 aliphatic carbocycles. The van der Waals surface area contributed by atoms with E-state index in [9.17, 15) is 0 Å². The zero-order valence-corrected chi connectivity index (χ0v) is 16.1. The number of likely N-dealkylation sites (tertiary alicyclic amines) is 1. The molecule has 0 amide bonds. The van der Waals surface area contributed by atoms with E-state index >= 15 is 0 Å². The summed E-state index contributed by atoms with van der Waals surface area (Å²) in [4.78, 5) is 7.42. The highest BCUT2D eigenvalue weighted by Gasteiger charge is 2.18. The van der Waals surface area contributed by atoms with Gasteiger partial charge in [0.25, 0.3) is 0 Å². The van der Waals surface area contributed by atoms with Crippen LogP contribution < -0.4 is 10.6 Å². The largest absolute Gasteiger partial charge is 0.357 e. The minimum atomic E-state index is 0.743. The maximum absolute atomic E-state index is 4.83. The van der Waals surface area contributed by atoms with Crippen LogP contribution in [0.15, 0.2) is 35.3 Å². The standard InChI is InChI=1S/C21H36N4/c1-3-15-25-16-12-20(13-17-25)18-24-21(22-4-2)23-14-8-11-19-9-6-5-7-10-19/h5-7,9-10,20H,3-4,8,11-18H2,1-2H3,(H2,22,23,24). The van der Waals surface area contributed by atoms with Gasteiger partial charge in [0.05, 0.1) is 0 Å². The van der Waals surface area contributed by atoms with Crippen molar-refractivity contribution in [3.8, 4) is 0 Å². The minimum Gasteiger partial charge on any atom is -0.357 e. The molecule has 0 spiro atoms. The number of piperidine rings is 1. The molecule has 2 rings (SSSR count). The van der Waals surface area contributed by atoms with E-state index in [1.165, 1.54) is 44.5 Å². The van der Waals surface area contributed by atoms with Gasteiger partial charge in [0.1, 0.15) is 0 Å². The summed E-state index contributed by atoms with van der Waals surface area (Å²) in [5.74, 6) is 1.72. The quantitative estimate of drug-likeness (QED) is 0.410. The van der Waals surface area contributed by atoms with Crippen molar-refractivity contribution in [3.63, 3.8) is 0 Å². The molecule has 0 aromatic heterocycles. The van der Waals surface area contributed by atoms with E-state index in [0.717, 1.165) is 44.4 Å². The summed E-state index contributed by atoms with van der Waals surface area (Å²) in [6.07, 6.45) is 6.08. The zero-order valence-electron chi connectivity index (χ0n) is 16.1. The Balaban J connectivity index is 1.67. The summed E-state index contributed by atoms with van der Waals surface area (Å²) in [7, 11) is 0. The van der Waals surface area contributed by atoms with Crippen molar-refractivity contribution < 1.29 is 0 Å². The van der Waals surface area contributed by atoms with Crippen LogP contribution in [0.2, 0.25) is 0 Å². The van der Waals surface area contributed by atoms with Gasteiger partial charge in [0.15, 0.2) is 5.96 Å². The number of guanidine groups is 1. The van der Waals surface area contributed by atoms with Gasteiger partial charge in [-0.05, 0) is 70.1 Å². The number of rotatable bonds is 9. The Labute approximate surface area is 154 Å². The summed E-state index contributed by atoms with van der Waals surface area (Å²) in [6.45, 7) is 11.0. The SMILES string of the molecule is CCCN1CCC(CN=C(NCC)NCCCc2ccccc2)CC1. The molecule has 1 aliphatic heterocycles. The first-order chi connectivity index (χ1) is 12.3. The van der Waals surface area contributed by atoms with Crippen molar-refractivity contribution in [3.05, 3.63) is 35.9 Å². The predicted octanol–water partition coefficient (Wildman–Crippen LogP) is 3.30. The number of benzene rings is 1. The van der Waals surface area contributed by atoms with Gasteiger partial charge in [0, 0.05) is 19.6 Å². The molecule has 2 N–H and O–H groups in total. The normalized spacial score (nSPS) is 16.8. The molecule has 0 radical (unpaired) electrons. The molecule has 4 heteroatoms. The van der Waals surface area contributed by atoms with Crippen LogP contribution in [-0.2, 0) is 6.42 Å². The third-order valence-corrected chi connectivity index (χ3v) is 4.88. The molecule has 1 fully saturated rings. The first kappa shape index (κ1) is 19.8. The molecule has 1 saturated heterocycles. The lowest BCUT2D eigenvalue weighted by Crippen LogP contribution is -2.39.